The van der Waals surface area contributed by atoms with Crippen LogP contribution in [0.3, 0.4) is 0 Å². The molecule has 2 atom stereocenters. The molecule has 0 aromatic heterocycles. The summed E-state index contributed by atoms with van der Waals surface area (Å²) in [6.07, 6.45) is 4.26. The van der Waals surface area contributed by atoms with E-state index in [1.54, 1.807) is 0 Å². The van der Waals surface area contributed by atoms with Crippen molar-refractivity contribution in [3.8, 4) is 0 Å². The molecule has 0 radical (unpaired) electrons. The normalized spacial score (nSPS) is 33.7. The maximum absolute atomic E-state index is 12.3. The first-order valence-corrected chi connectivity index (χ1v) is 7.54. The van der Waals surface area contributed by atoms with E-state index in [1.165, 1.54) is 12.8 Å². The summed E-state index contributed by atoms with van der Waals surface area (Å²) in [6, 6.07) is 0.555. The third-order valence-electron chi connectivity index (χ3n) is 4.58. The van der Waals surface area contributed by atoms with E-state index >= 15 is 0 Å². The molecule has 5 nitrogen and oxygen atoms in total. The zero-order valence-electron chi connectivity index (χ0n) is 11.5. The van der Waals surface area contributed by atoms with E-state index in [0.29, 0.717) is 12.6 Å². The van der Waals surface area contributed by atoms with Gasteiger partial charge in [0.05, 0.1) is 25.3 Å². The second kappa shape index (κ2) is 6.20. The van der Waals surface area contributed by atoms with Gasteiger partial charge in [-0.1, -0.05) is 0 Å². The van der Waals surface area contributed by atoms with Crippen molar-refractivity contribution in [2.75, 3.05) is 39.5 Å². The SMILES string of the molecule is O=C(N[C@H]1COC[C@@H]1N1CCCC1)C1CCOCC1. The quantitative estimate of drug-likeness (QED) is 0.804. The van der Waals surface area contributed by atoms with Crippen molar-refractivity contribution in [1.82, 2.24) is 10.2 Å². The first-order valence-electron chi connectivity index (χ1n) is 7.54. The summed E-state index contributed by atoms with van der Waals surface area (Å²) in [6.45, 7) is 5.16. The van der Waals surface area contributed by atoms with E-state index in [1.807, 2.05) is 0 Å². The molecule has 0 saturated carbocycles. The van der Waals surface area contributed by atoms with Crippen molar-refractivity contribution in [1.29, 1.82) is 0 Å². The molecule has 19 heavy (non-hydrogen) atoms. The first-order chi connectivity index (χ1) is 9.34. The first kappa shape index (κ1) is 13.3. The number of nitrogens with zero attached hydrogens (tertiary/aromatic N) is 1. The number of hydrogen-bond donors (Lipinski definition) is 1. The highest BCUT2D eigenvalue weighted by Gasteiger charge is 2.36. The average Bonchev–Trinajstić information content (AvgIpc) is 3.10. The summed E-state index contributed by atoms with van der Waals surface area (Å²) in [5, 5.41) is 3.21. The number of nitrogens with one attached hydrogen (secondary N) is 1. The van der Waals surface area contributed by atoms with Crippen LogP contribution in [-0.4, -0.2) is 62.4 Å². The van der Waals surface area contributed by atoms with Gasteiger partial charge in [0.1, 0.15) is 0 Å². The molecule has 3 aliphatic rings. The van der Waals surface area contributed by atoms with E-state index in [0.717, 1.165) is 45.8 Å². The van der Waals surface area contributed by atoms with Crippen molar-refractivity contribution in [3.63, 3.8) is 0 Å². The van der Waals surface area contributed by atoms with Crippen LogP contribution in [0.1, 0.15) is 25.7 Å². The molecule has 3 rings (SSSR count). The fraction of sp³-hybridized carbons (Fsp3) is 0.929. The fourth-order valence-corrected chi connectivity index (χ4v) is 3.37. The van der Waals surface area contributed by atoms with Gasteiger partial charge in [-0.2, -0.15) is 0 Å². The number of carbonyl (C=O) groups is 1. The van der Waals surface area contributed by atoms with Gasteiger partial charge < -0.3 is 14.8 Å². The van der Waals surface area contributed by atoms with Gasteiger partial charge in [-0.15, -0.1) is 0 Å². The Morgan fingerprint density at radius 3 is 2.53 bits per heavy atom. The van der Waals surface area contributed by atoms with Crippen LogP contribution in [0.25, 0.3) is 0 Å². The van der Waals surface area contributed by atoms with Crippen LogP contribution in [0.5, 0.6) is 0 Å². The second-order valence-electron chi connectivity index (χ2n) is 5.85. The predicted molar refractivity (Wildman–Crippen MR) is 70.9 cm³/mol. The number of ether oxygens (including phenoxy) is 2. The van der Waals surface area contributed by atoms with Gasteiger partial charge in [-0.05, 0) is 38.8 Å². The zero-order valence-corrected chi connectivity index (χ0v) is 11.5. The van der Waals surface area contributed by atoms with Crippen molar-refractivity contribution < 1.29 is 14.3 Å². The molecule has 0 aromatic carbocycles. The molecule has 0 aliphatic carbocycles. The van der Waals surface area contributed by atoms with Crippen molar-refractivity contribution in [2.24, 2.45) is 5.92 Å². The van der Waals surface area contributed by atoms with E-state index in [4.69, 9.17) is 9.47 Å². The van der Waals surface area contributed by atoms with Gasteiger partial charge in [0.25, 0.3) is 0 Å². The average molecular weight is 268 g/mol. The summed E-state index contributed by atoms with van der Waals surface area (Å²) >= 11 is 0. The van der Waals surface area contributed by atoms with Crippen LogP contribution in [-0.2, 0) is 14.3 Å². The molecule has 3 heterocycles. The van der Waals surface area contributed by atoms with Gasteiger partial charge in [-0.3, -0.25) is 9.69 Å². The number of likely N-dealkylation sites (tertiary alicyclic amines) is 1. The Hall–Kier alpha value is -0.650. The summed E-state index contributed by atoms with van der Waals surface area (Å²) < 4.78 is 10.9. The molecule has 3 saturated heterocycles. The smallest absolute Gasteiger partial charge is 0.223 e. The monoisotopic (exact) mass is 268 g/mol. The molecule has 3 fully saturated rings. The van der Waals surface area contributed by atoms with Gasteiger partial charge in [-0.25, -0.2) is 0 Å². The highest BCUT2D eigenvalue weighted by atomic mass is 16.5. The largest absolute Gasteiger partial charge is 0.381 e. The number of carbonyl (C=O) groups excluding carboxylic acids is 1. The number of amides is 1. The Labute approximate surface area is 114 Å². The molecular weight excluding hydrogens is 244 g/mol. The highest BCUT2D eigenvalue weighted by molar-refractivity contribution is 5.79. The molecule has 1 N–H and O–H groups in total. The number of hydrogen-bond acceptors (Lipinski definition) is 4. The summed E-state index contributed by atoms with van der Waals surface area (Å²) in [7, 11) is 0. The van der Waals surface area contributed by atoms with Gasteiger partial charge in [0, 0.05) is 19.1 Å². The lowest BCUT2D eigenvalue weighted by Gasteiger charge is -2.29. The van der Waals surface area contributed by atoms with E-state index in [2.05, 4.69) is 10.2 Å². The standard InChI is InChI=1S/C14H24N2O3/c17-14(11-3-7-18-8-4-11)15-12-9-19-10-13(12)16-5-1-2-6-16/h11-13H,1-10H2,(H,15,17)/t12-,13-/m0/s1. The molecular formula is C14H24N2O3. The van der Waals surface area contributed by atoms with Gasteiger partial charge >= 0.3 is 0 Å². The van der Waals surface area contributed by atoms with Crippen molar-refractivity contribution in [2.45, 2.75) is 37.8 Å². The third-order valence-corrected chi connectivity index (χ3v) is 4.58. The minimum absolute atomic E-state index is 0.133. The van der Waals surface area contributed by atoms with Crippen LogP contribution in [0, 0.1) is 5.92 Å². The Balaban J connectivity index is 1.53. The predicted octanol–water partition coefficient (Wildman–Crippen LogP) is 0.392. The lowest BCUT2D eigenvalue weighted by atomic mass is 9.98. The molecule has 0 unspecified atom stereocenters. The summed E-state index contributed by atoms with van der Waals surface area (Å²) in [4.78, 5) is 14.7. The lowest BCUT2D eigenvalue weighted by molar-refractivity contribution is -0.128. The molecule has 5 heteroatoms. The van der Waals surface area contributed by atoms with Crippen LogP contribution in [0.2, 0.25) is 0 Å². The van der Waals surface area contributed by atoms with Gasteiger partial charge in [0.15, 0.2) is 0 Å². The van der Waals surface area contributed by atoms with Crippen LogP contribution in [0.15, 0.2) is 0 Å². The minimum atomic E-state index is 0.133. The molecule has 108 valence electrons. The Bertz CT molecular complexity index is 312. The van der Waals surface area contributed by atoms with Crippen molar-refractivity contribution in [3.05, 3.63) is 0 Å². The third kappa shape index (κ3) is 3.09. The van der Waals surface area contributed by atoms with Gasteiger partial charge in [0.2, 0.25) is 5.91 Å². The summed E-state index contributed by atoms with van der Waals surface area (Å²) in [5.41, 5.74) is 0. The van der Waals surface area contributed by atoms with Crippen LogP contribution >= 0.6 is 0 Å². The molecule has 0 spiro atoms. The molecule has 0 bridgehead atoms. The van der Waals surface area contributed by atoms with E-state index in [-0.39, 0.29) is 17.9 Å². The minimum Gasteiger partial charge on any atom is -0.381 e. The molecule has 0 aromatic rings. The Morgan fingerprint density at radius 2 is 1.79 bits per heavy atom. The maximum atomic E-state index is 12.3. The number of rotatable bonds is 3. The Morgan fingerprint density at radius 1 is 1.05 bits per heavy atom. The second-order valence-corrected chi connectivity index (χ2v) is 5.85. The van der Waals surface area contributed by atoms with E-state index < -0.39 is 0 Å². The lowest BCUT2D eigenvalue weighted by Crippen LogP contribution is -2.51. The molecule has 3 aliphatic heterocycles. The Kier molecular flexibility index (Phi) is 4.35. The van der Waals surface area contributed by atoms with Crippen LogP contribution in [0.4, 0.5) is 0 Å². The summed E-state index contributed by atoms with van der Waals surface area (Å²) in [5.74, 6) is 0.330. The molecule has 1 amide bonds. The maximum Gasteiger partial charge on any atom is 0.223 e. The van der Waals surface area contributed by atoms with Crippen LogP contribution < -0.4 is 5.32 Å². The van der Waals surface area contributed by atoms with Crippen molar-refractivity contribution >= 4 is 5.91 Å². The zero-order chi connectivity index (χ0) is 13.1. The topological polar surface area (TPSA) is 50.8 Å². The fourth-order valence-electron chi connectivity index (χ4n) is 3.37. The highest BCUT2D eigenvalue weighted by Crippen LogP contribution is 2.21. The van der Waals surface area contributed by atoms with E-state index in [9.17, 15) is 4.79 Å².